The lowest BCUT2D eigenvalue weighted by molar-refractivity contribution is -0.118. The molecule has 0 radical (unpaired) electrons. The van der Waals surface area contributed by atoms with Gasteiger partial charge in [-0.2, -0.15) is 0 Å². The first-order valence-corrected chi connectivity index (χ1v) is 7.11. The van der Waals surface area contributed by atoms with Crippen molar-refractivity contribution in [2.75, 3.05) is 6.54 Å². The molecule has 0 bridgehead atoms. The van der Waals surface area contributed by atoms with Gasteiger partial charge in [-0.1, -0.05) is 34.9 Å². The average molecular weight is 263 g/mol. The molecule has 0 aliphatic heterocycles. The van der Waals surface area contributed by atoms with E-state index in [1.807, 2.05) is 0 Å². The van der Waals surface area contributed by atoms with E-state index >= 15 is 0 Å². The molecule has 0 spiro atoms. The number of carbonyl (C=O) groups excluding carboxylic acids is 1. The van der Waals surface area contributed by atoms with Crippen LogP contribution in [0.4, 0.5) is 0 Å². The van der Waals surface area contributed by atoms with E-state index < -0.39 is 0 Å². The van der Waals surface area contributed by atoms with Crippen molar-refractivity contribution in [2.45, 2.75) is 60.3 Å². The lowest BCUT2D eigenvalue weighted by Gasteiger charge is -2.02. The predicted molar refractivity (Wildman–Crippen MR) is 84.1 cm³/mol. The molecule has 1 N–H and O–H groups in total. The molecule has 0 aromatic rings. The molecule has 0 aromatic heterocycles. The van der Waals surface area contributed by atoms with E-state index in [1.54, 1.807) is 6.92 Å². The summed E-state index contributed by atoms with van der Waals surface area (Å²) in [5.74, 6) is 0.0269. The molecule has 0 unspecified atom stereocenters. The molecule has 0 fully saturated rings. The monoisotopic (exact) mass is 263 g/mol. The minimum Gasteiger partial charge on any atom is -0.353 e. The van der Waals surface area contributed by atoms with E-state index in [-0.39, 0.29) is 5.91 Å². The third kappa shape index (κ3) is 12.9. The molecule has 0 atom stereocenters. The molecular formula is C17H29NO. The largest absolute Gasteiger partial charge is 0.353 e. The van der Waals surface area contributed by atoms with E-state index in [2.05, 4.69) is 51.2 Å². The minimum absolute atomic E-state index is 0.0269. The topological polar surface area (TPSA) is 29.1 Å². The Morgan fingerprint density at radius 2 is 1.37 bits per heavy atom. The van der Waals surface area contributed by atoms with Crippen LogP contribution in [0.3, 0.4) is 0 Å². The fourth-order valence-corrected chi connectivity index (χ4v) is 1.71. The van der Waals surface area contributed by atoms with Gasteiger partial charge < -0.3 is 5.32 Å². The fraction of sp³-hybridized carbons (Fsp3) is 0.588. The van der Waals surface area contributed by atoms with Gasteiger partial charge in [0.05, 0.1) is 0 Å². The summed E-state index contributed by atoms with van der Waals surface area (Å²) in [7, 11) is 0. The van der Waals surface area contributed by atoms with Crippen LogP contribution in [0.1, 0.15) is 60.3 Å². The quantitative estimate of drug-likeness (QED) is 0.640. The van der Waals surface area contributed by atoms with Crippen molar-refractivity contribution in [3.63, 3.8) is 0 Å². The molecule has 1 amide bonds. The van der Waals surface area contributed by atoms with Crippen molar-refractivity contribution in [1.29, 1.82) is 0 Å². The standard InChI is InChI=1S/C17H29NO/c1-14(2)8-6-9-15(3)10-7-11-16(4)12-13-18-17(5)19/h8,10,12H,6-7,9,11,13H2,1-5H3,(H,18,19)/b15-10+,16-12+. The number of hydrogen-bond donors (Lipinski definition) is 1. The molecule has 2 heteroatoms. The maximum absolute atomic E-state index is 10.7. The summed E-state index contributed by atoms with van der Waals surface area (Å²) < 4.78 is 0. The van der Waals surface area contributed by atoms with Crippen LogP contribution < -0.4 is 5.32 Å². The van der Waals surface area contributed by atoms with Gasteiger partial charge in [0.1, 0.15) is 0 Å². The number of nitrogens with one attached hydrogen (secondary N) is 1. The zero-order valence-electron chi connectivity index (χ0n) is 13.2. The van der Waals surface area contributed by atoms with Crippen molar-refractivity contribution in [3.05, 3.63) is 34.9 Å². The molecule has 0 aliphatic rings. The lowest BCUT2D eigenvalue weighted by atomic mass is 10.1. The molecular weight excluding hydrogens is 234 g/mol. The van der Waals surface area contributed by atoms with E-state index in [0.29, 0.717) is 6.54 Å². The summed E-state index contributed by atoms with van der Waals surface area (Å²) in [6.45, 7) is 10.8. The Hall–Kier alpha value is -1.31. The van der Waals surface area contributed by atoms with E-state index in [1.165, 1.54) is 16.7 Å². The van der Waals surface area contributed by atoms with Gasteiger partial charge in [-0.25, -0.2) is 0 Å². The number of allylic oxidation sites excluding steroid dienone is 5. The van der Waals surface area contributed by atoms with Crippen molar-refractivity contribution in [3.8, 4) is 0 Å². The normalized spacial score (nSPS) is 12.3. The SMILES string of the molecule is CC(=O)NC/C=C(\C)CC/C=C(\C)CCC=C(C)C. The van der Waals surface area contributed by atoms with Gasteiger partial charge in [0.2, 0.25) is 5.91 Å². The molecule has 108 valence electrons. The Morgan fingerprint density at radius 3 is 1.89 bits per heavy atom. The second-order valence-corrected chi connectivity index (χ2v) is 5.40. The summed E-state index contributed by atoms with van der Waals surface area (Å²) in [6, 6.07) is 0. The van der Waals surface area contributed by atoms with Gasteiger partial charge in [0.25, 0.3) is 0 Å². The average Bonchev–Trinajstić information content (AvgIpc) is 2.27. The van der Waals surface area contributed by atoms with Crippen molar-refractivity contribution in [2.24, 2.45) is 0 Å². The zero-order chi connectivity index (χ0) is 14.7. The summed E-state index contributed by atoms with van der Waals surface area (Å²) in [4.78, 5) is 10.7. The Labute approximate surface area is 118 Å². The zero-order valence-corrected chi connectivity index (χ0v) is 13.2. The summed E-state index contributed by atoms with van der Waals surface area (Å²) in [6.07, 6.45) is 11.2. The third-order valence-corrected chi connectivity index (χ3v) is 2.92. The molecule has 19 heavy (non-hydrogen) atoms. The van der Waals surface area contributed by atoms with E-state index in [4.69, 9.17) is 0 Å². The predicted octanol–water partition coefficient (Wildman–Crippen LogP) is 4.54. The molecule has 0 rings (SSSR count). The van der Waals surface area contributed by atoms with Gasteiger partial charge >= 0.3 is 0 Å². The highest BCUT2D eigenvalue weighted by atomic mass is 16.1. The maximum Gasteiger partial charge on any atom is 0.217 e. The fourth-order valence-electron chi connectivity index (χ4n) is 1.71. The van der Waals surface area contributed by atoms with Crippen molar-refractivity contribution >= 4 is 5.91 Å². The highest BCUT2D eigenvalue weighted by molar-refractivity contribution is 5.72. The summed E-state index contributed by atoms with van der Waals surface area (Å²) in [5.41, 5.74) is 4.19. The van der Waals surface area contributed by atoms with Crippen LogP contribution in [0, 0.1) is 0 Å². The Morgan fingerprint density at radius 1 is 0.842 bits per heavy atom. The van der Waals surface area contributed by atoms with Crippen LogP contribution >= 0.6 is 0 Å². The Bertz CT molecular complexity index is 357. The van der Waals surface area contributed by atoms with Gasteiger partial charge in [-0.05, 0) is 53.4 Å². The molecule has 0 saturated heterocycles. The van der Waals surface area contributed by atoms with Gasteiger partial charge in [0.15, 0.2) is 0 Å². The highest BCUT2D eigenvalue weighted by Gasteiger charge is 1.92. The molecule has 2 nitrogen and oxygen atoms in total. The van der Waals surface area contributed by atoms with Crippen LogP contribution in [-0.2, 0) is 4.79 Å². The van der Waals surface area contributed by atoms with Crippen molar-refractivity contribution < 1.29 is 4.79 Å². The lowest BCUT2D eigenvalue weighted by Crippen LogP contribution is -2.19. The molecule has 0 heterocycles. The van der Waals surface area contributed by atoms with E-state index in [9.17, 15) is 4.79 Å². The van der Waals surface area contributed by atoms with Gasteiger partial charge in [-0.15, -0.1) is 0 Å². The second-order valence-electron chi connectivity index (χ2n) is 5.40. The molecule has 0 aliphatic carbocycles. The Kier molecular flexibility index (Phi) is 9.87. The van der Waals surface area contributed by atoms with Crippen LogP contribution in [0.25, 0.3) is 0 Å². The first-order valence-electron chi connectivity index (χ1n) is 7.11. The van der Waals surface area contributed by atoms with Crippen LogP contribution in [0.5, 0.6) is 0 Å². The minimum atomic E-state index is 0.0269. The number of rotatable bonds is 8. The first-order chi connectivity index (χ1) is 8.91. The van der Waals surface area contributed by atoms with Crippen LogP contribution in [-0.4, -0.2) is 12.5 Å². The second kappa shape index (κ2) is 10.6. The molecule has 0 aromatic carbocycles. The Balaban J connectivity index is 3.86. The van der Waals surface area contributed by atoms with Gasteiger partial charge in [-0.3, -0.25) is 4.79 Å². The van der Waals surface area contributed by atoms with Gasteiger partial charge in [0, 0.05) is 13.5 Å². The number of amides is 1. The smallest absolute Gasteiger partial charge is 0.217 e. The number of carbonyl (C=O) groups is 1. The maximum atomic E-state index is 10.7. The molecule has 0 saturated carbocycles. The summed E-state index contributed by atoms with van der Waals surface area (Å²) >= 11 is 0. The van der Waals surface area contributed by atoms with Crippen molar-refractivity contribution in [1.82, 2.24) is 5.32 Å². The summed E-state index contributed by atoms with van der Waals surface area (Å²) in [5, 5.41) is 2.78. The van der Waals surface area contributed by atoms with Crippen LogP contribution in [0.2, 0.25) is 0 Å². The highest BCUT2D eigenvalue weighted by Crippen LogP contribution is 2.11. The number of hydrogen-bond acceptors (Lipinski definition) is 1. The van der Waals surface area contributed by atoms with E-state index in [0.717, 1.165) is 25.7 Å². The third-order valence-electron chi connectivity index (χ3n) is 2.92. The first kappa shape index (κ1) is 17.7. The van der Waals surface area contributed by atoms with Crippen LogP contribution in [0.15, 0.2) is 34.9 Å².